The fourth-order valence-electron chi connectivity index (χ4n) is 1.58. The molecule has 0 atom stereocenters. The zero-order chi connectivity index (χ0) is 14.5. The lowest BCUT2D eigenvalue weighted by molar-refractivity contribution is 0.0691. The van der Waals surface area contributed by atoms with Crippen molar-refractivity contribution < 1.29 is 14.6 Å². The molecule has 0 aliphatic carbocycles. The number of rotatable bonds is 4. The summed E-state index contributed by atoms with van der Waals surface area (Å²) < 4.78 is 6.34. The Morgan fingerprint density at radius 3 is 2.90 bits per heavy atom. The fraction of sp³-hybridized carbons (Fsp3) is 0.0714. The number of carbonyl (C=O) groups is 1. The summed E-state index contributed by atoms with van der Waals surface area (Å²) in [6, 6.07) is 10.2. The van der Waals surface area contributed by atoms with Gasteiger partial charge in [-0.2, -0.15) is 5.26 Å². The Morgan fingerprint density at radius 1 is 1.40 bits per heavy atom. The van der Waals surface area contributed by atoms with Gasteiger partial charge in [0.2, 0.25) is 0 Å². The topological polar surface area (TPSA) is 83.2 Å². The molecule has 1 aromatic heterocycles. The third-order valence-electron chi connectivity index (χ3n) is 2.51. The Bertz CT molecular complexity index is 695. The van der Waals surface area contributed by atoms with Crippen molar-refractivity contribution in [1.29, 1.82) is 5.26 Å². The maximum Gasteiger partial charge on any atom is 0.339 e. The van der Waals surface area contributed by atoms with E-state index in [2.05, 4.69) is 4.98 Å². The lowest BCUT2D eigenvalue weighted by Gasteiger charge is -2.09. The van der Waals surface area contributed by atoms with Crippen molar-refractivity contribution in [2.75, 3.05) is 0 Å². The molecule has 0 fully saturated rings. The molecule has 0 spiro atoms. The van der Waals surface area contributed by atoms with Crippen LogP contribution in [0, 0.1) is 14.9 Å². The van der Waals surface area contributed by atoms with Gasteiger partial charge in [-0.1, -0.05) is 0 Å². The van der Waals surface area contributed by atoms with Gasteiger partial charge < -0.3 is 9.84 Å². The van der Waals surface area contributed by atoms with Gasteiger partial charge in [0.15, 0.2) is 0 Å². The van der Waals surface area contributed by atoms with Gasteiger partial charge in [-0.15, -0.1) is 0 Å². The van der Waals surface area contributed by atoms with Crippen LogP contribution in [0.1, 0.15) is 21.6 Å². The van der Waals surface area contributed by atoms with Crippen molar-refractivity contribution >= 4 is 28.6 Å². The monoisotopic (exact) mass is 380 g/mol. The molecule has 0 amide bonds. The van der Waals surface area contributed by atoms with E-state index in [9.17, 15) is 4.79 Å². The number of pyridine rings is 1. The van der Waals surface area contributed by atoms with Crippen LogP contribution in [0.3, 0.4) is 0 Å². The van der Waals surface area contributed by atoms with Crippen LogP contribution < -0.4 is 4.74 Å². The largest absolute Gasteiger partial charge is 0.488 e. The zero-order valence-corrected chi connectivity index (χ0v) is 12.4. The van der Waals surface area contributed by atoms with Crippen LogP contribution in [-0.2, 0) is 6.61 Å². The van der Waals surface area contributed by atoms with Crippen LogP contribution in [0.5, 0.6) is 5.75 Å². The molecule has 0 unspecified atom stereocenters. The van der Waals surface area contributed by atoms with Crippen molar-refractivity contribution in [3.8, 4) is 11.8 Å². The predicted molar refractivity (Wildman–Crippen MR) is 79.4 cm³/mol. The minimum Gasteiger partial charge on any atom is -0.488 e. The van der Waals surface area contributed by atoms with Gasteiger partial charge in [0.1, 0.15) is 29.7 Å². The third-order valence-corrected chi connectivity index (χ3v) is 3.18. The normalized spacial score (nSPS) is 9.80. The first-order valence-corrected chi connectivity index (χ1v) is 6.68. The number of ether oxygens (including phenoxy) is 1. The Kier molecular flexibility index (Phi) is 4.53. The molecular weight excluding hydrogens is 371 g/mol. The SMILES string of the molecule is N#Cc1cc(COc2ccc(I)cc2C(=O)O)ccn1. The number of nitrogens with zero attached hydrogens (tertiary/aromatic N) is 2. The molecule has 0 bridgehead atoms. The highest BCUT2D eigenvalue weighted by molar-refractivity contribution is 14.1. The minimum atomic E-state index is -1.04. The van der Waals surface area contributed by atoms with Gasteiger partial charge in [0.05, 0.1) is 0 Å². The maximum atomic E-state index is 11.1. The number of aromatic carboxylic acids is 1. The highest BCUT2D eigenvalue weighted by Crippen LogP contribution is 2.22. The van der Waals surface area contributed by atoms with Gasteiger partial charge in [-0.25, -0.2) is 9.78 Å². The molecule has 5 nitrogen and oxygen atoms in total. The van der Waals surface area contributed by atoms with Gasteiger partial charge in [-0.05, 0) is 58.5 Å². The molecule has 6 heteroatoms. The highest BCUT2D eigenvalue weighted by atomic mass is 127. The summed E-state index contributed by atoms with van der Waals surface area (Å²) in [6.45, 7) is 0.179. The van der Waals surface area contributed by atoms with E-state index in [1.807, 2.05) is 28.7 Å². The second-order valence-corrected chi connectivity index (χ2v) is 5.14. The van der Waals surface area contributed by atoms with Crippen molar-refractivity contribution in [2.45, 2.75) is 6.61 Å². The first-order valence-electron chi connectivity index (χ1n) is 5.61. The molecule has 1 N–H and O–H groups in total. The van der Waals surface area contributed by atoms with Gasteiger partial charge in [-0.3, -0.25) is 0 Å². The molecule has 0 aliphatic rings. The predicted octanol–water partition coefficient (Wildman–Crippen LogP) is 2.84. The molecule has 1 heterocycles. The average Bonchev–Trinajstić information content (AvgIpc) is 2.46. The van der Waals surface area contributed by atoms with Crippen LogP contribution in [-0.4, -0.2) is 16.1 Å². The second kappa shape index (κ2) is 6.34. The van der Waals surface area contributed by atoms with E-state index in [0.717, 1.165) is 9.13 Å². The second-order valence-electron chi connectivity index (χ2n) is 3.90. The number of hydrogen-bond acceptors (Lipinski definition) is 4. The lowest BCUT2D eigenvalue weighted by Crippen LogP contribution is -2.04. The summed E-state index contributed by atoms with van der Waals surface area (Å²) in [5.41, 5.74) is 1.17. The summed E-state index contributed by atoms with van der Waals surface area (Å²) in [7, 11) is 0. The maximum absolute atomic E-state index is 11.1. The van der Waals surface area contributed by atoms with Crippen LogP contribution in [0.25, 0.3) is 0 Å². The van der Waals surface area contributed by atoms with Crippen molar-refractivity contribution in [2.24, 2.45) is 0 Å². The Labute approximate surface area is 129 Å². The van der Waals surface area contributed by atoms with Crippen LogP contribution in [0.2, 0.25) is 0 Å². The van der Waals surface area contributed by atoms with E-state index < -0.39 is 5.97 Å². The van der Waals surface area contributed by atoms with Gasteiger partial charge in [0.25, 0.3) is 0 Å². The highest BCUT2D eigenvalue weighted by Gasteiger charge is 2.12. The molecule has 0 saturated heterocycles. The molecule has 20 heavy (non-hydrogen) atoms. The van der Waals surface area contributed by atoms with Crippen LogP contribution in [0.4, 0.5) is 0 Å². The Hall–Kier alpha value is -2.14. The molecule has 2 rings (SSSR count). The zero-order valence-electron chi connectivity index (χ0n) is 10.2. The number of aromatic nitrogens is 1. The summed E-state index contributed by atoms with van der Waals surface area (Å²) in [6.07, 6.45) is 1.52. The van der Waals surface area contributed by atoms with Crippen LogP contribution >= 0.6 is 22.6 Å². The van der Waals surface area contributed by atoms with Crippen molar-refractivity contribution in [1.82, 2.24) is 4.98 Å². The van der Waals surface area contributed by atoms with E-state index >= 15 is 0 Å². The molecule has 2 aromatic rings. The number of nitriles is 1. The molecule has 100 valence electrons. The standard InChI is InChI=1S/C14H9IN2O3/c15-10-1-2-13(12(6-10)14(18)19)20-8-9-3-4-17-11(5-9)7-16/h1-6H,8H2,(H,18,19). The smallest absolute Gasteiger partial charge is 0.339 e. The minimum absolute atomic E-state index is 0.117. The number of benzene rings is 1. The number of carboxylic acid groups (broad SMARTS) is 1. The fourth-order valence-corrected chi connectivity index (χ4v) is 2.07. The van der Waals surface area contributed by atoms with Gasteiger partial charge in [0, 0.05) is 9.77 Å². The quantitative estimate of drug-likeness (QED) is 0.825. The van der Waals surface area contributed by atoms with E-state index in [0.29, 0.717) is 11.4 Å². The molecule has 0 aliphatic heterocycles. The first-order chi connectivity index (χ1) is 9.60. The number of hydrogen-bond donors (Lipinski definition) is 1. The first kappa shape index (κ1) is 14.3. The Morgan fingerprint density at radius 2 is 2.20 bits per heavy atom. The summed E-state index contributed by atoms with van der Waals surface area (Å²) in [5, 5.41) is 17.9. The van der Waals surface area contributed by atoms with E-state index in [1.165, 1.54) is 6.20 Å². The molecule has 1 aromatic carbocycles. The van der Waals surface area contributed by atoms with Crippen molar-refractivity contribution in [3.05, 3.63) is 56.9 Å². The summed E-state index contributed by atoms with van der Waals surface area (Å²) >= 11 is 2.04. The van der Waals surface area contributed by atoms with E-state index in [1.54, 1.807) is 30.3 Å². The number of carboxylic acids is 1. The third kappa shape index (κ3) is 3.45. The lowest BCUT2D eigenvalue weighted by atomic mass is 10.2. The van der Waals surface area contributed by atoms with E-state index in [4.69, 9.17) is 15.1 Å². The molecule has 0 saturated carbocycles. The molecule has 0 radical (unpaired) electrons. The summed E-state index contributed by atoms with van der Waals surface area (Å²) in [5.74, 6) is -0.737. The van der Waals surface area contributed by atoms with Crippen LogP contribution in [0.15, 0.2) is 36.5 Å². The van der Waals surface area contributed by atoms with Crippen molar-refractivity contribution in [3.63, 3.8) is 0 Å². The van der Waals surface area contributed by atoms with E-state index in [-0.39, 0.29) is 12.2 Å². The molecular formula is C14H9IN2O3. The Balaban J connectivity index is 2.19. The average molecular weight is 380 g/mol. The number of halogens is 1. The summed E-state index contributed by atoms with van der Waals surface area (Å²) in [4.78, 5) is 15.0. The van der Waals surface area contributed by atoms with Gasteiger partial charge >= 0.3 is 5.97 Å².